The first kappa shape index (κ1) is 53.2. The van der Waals surface area contributed by atoms with Crippen LogP contribution in [0.15, 0.2) is 80.1 Å². The molecule has 0 spiro atoms. The average molecular weight is 873 g/mol. The van der Waals surface area contributed by atoms with Crippen molar-refractivity contribution in [1.29, 1.82) is 0 Å². The number of hydrogen-bond donors (Lipinski definition) is 1. The maximum Gasteiger partial charge on any atom is 1.00 e. The second-order valence-electron chi connectivity index (χ2n) is 14.5. The van der Waals surface area contributed by atoms with Crippen LogP contribution < -0.4 is 50.8 Å². The van der Waals surface area contributed by atoms with Crippen LogP contribution in [-0.2, 0) is 49.6 Å². The van der Waals surface area contributed by atoms with Gasteiger partial charge in [-0.05, 0) is 75.9 Å². The Kier molecular flexibility index (Phi) is 20.3. The van der Waals surface area contributed by atoms with Crippen LogP contribution in [0, 0.1) is 11.6 Å². The van der Waals surface area contributed by atoms with Crippen molar-refractivity contribution in [3.8, 4) is 11.5 Å². The quantitative estimate of drug-likeness (QED) is 0.0778. The van der Waals surface area contributed by atoms with Gasteiger partial charge in [-0.25, -0.2) is 28.3 Å². The maximum absolute atomic E-state index is 13.4. The molecular formula is C43H51F2LiN6O11. The van der Waals surface area contributed by atoms with Crippen LogP contribution in [0.5, 0.6) is 11.5 Å². The molecule has 0 aliphatic carbocycles. The molecule has 6 rings (SSSR count). The monoisotopic (exact) mass is 872 g/mol. The van der Waals surface area contributed by atoms with Crippen molar-refractivity contribution < 1.29 is 62.7 Å². The van der Waals surface area contributed by atoms with E-state index in [0.29, 0.717) is 48.4 Å². The van der Waals surface area contributed by atoms with Gasteiger partial charge in [-0.15, -0.1) is 0 Å². The van der Waals surface area contributed by atoms with Crippen molar-refractivity contribution >= 4 is 28.5 Å². The number of nitrogens with zero attached hydrogens (tertiary/aromatic N) is 6. The van der Waals surface area contributed by atoms with E-state index in [1.54, 1.807) is 38.4 Å². The maximum atomic E-state index is 13.4. The van der Waals surface area contributed by atoms with Crippen molar-refractivity contribution in [1.82, 2.24) is 28.2 Å². The second-order valence-corrected chi connectivity index (χ2v) is 14.5. The minimum absolute atomic E-state index is 0. The van der Waals surface area contributed by atoms with Crippen LogP contribution in [0.4, 0.5) is 8.78 Å². The van der Waals surface area contributed by atoms with Crippen molar-refractivity contribution in [2.24, 2.45) is 14.1 Å². The van der Waals surface area contributed by atoms with Gasteiger partial charge >= 0.3 is 30.2 Å². The number of carbonyl (C=O) groups is 1. The standard InChI is InChI=1S/C22H24FN3O5.C21H24FN3O4.Li.2H2O/c1-14(2)31-18-12-24-20-19(17(18)11-15-5-7-16(23)8-6-15)21(28)26(22(29)25(20)3)9-4-10-30-13-27;1-13(2)29-17-12-23-19-18(16(17)11-14-5-7-15(22)8-6-14)20(27)25(9-4-10-26)21(28)24(19)3;;;/h5-8,12-14H,4,9-11H2,1-3H3;5-8,12-13,26H,4,9-11H2,1-3H3;;2*1H2/q;;+1;;/p-1. The van der Waals surface area contributed by atoms with Crippen LogP contribution >= 0.6 is 0 Å². The molecule has 4 aromatic heterocycles. The Hall–Kier alpha value is -5.97. The van der Waals surface area contributed by atoms with Gasteiger partial charge in [0.2, 0.25) is 0 Å². The predicted octanol–water partition coefficient (Wildman–Crippen LogP) is 0.173. The summed E-state index contributed by atoms with van der Waals surface area (Å²) in [5.74, 6) is 0.171. The number of aliphatic hydroxyl groups is 1. The van der Waals surface area contributed by atoms with Gasteiger partial charge in [-0.1, -0.05) is 24.3 Å². The van der Waals surface area contributed by atoms with Gasteiger partial charge < -0.3 is 30.3 Å². The number of fused-ring (bicyclic) bond motifs is 2. The SMILES string of the molecule is CC(C)Oc1cnc2c(c1Cc1ccc(F)cc1)c(=O)n(CCCO)c(=O)n2C.CC(C)Oc1cnc2c(c1Cc1ccc(F)cc1)c(=O)n(CCCOC=O)c(=O)n2C.O.[Li+].[OH-]. The molecule has 0 saturated heterocycles. The molecule has 0 radical (unpaired) electrons. The van der Waals surface area contributed by atoms with Gasteiger partial charge in [0.1, 0.15) is 34.4 Å². The zero-order chi connectivity index (χ0) is 43.7. The normalized spacial score (nSPS) is 10.7. The summed E-state index contributed by atoms with van der Waals surface area (Å²) in [4.78, 5) is 70.9. The summed E-state index contributed by atoms with van der Waals surface area (Å²) >= 11 is 0. The Morgan fingerprint density at radius 2 is 1.06 bits per heavy atom. The minimum atomic E-state index is -0.513. The third kappa shape index (κ3) is 12.6. The molecule has 334 valence electrons. The zero-order valence-electron chi connectivity index (χ0n) is 36.3. The zero-order valence-corrected chi connectivity index (χ0v) is 36.3. The van der Waals surface area contributed by atoms with Gasteiger partial charge in [0.25, 0.3) is 17.6 Å². The first-order valence-corrected chi connectivity index (χ1v) is 19.4. The molecule has 63 heavy (non-hydrogen) atoms. The third-order valence-electron chi connectivity index (χ3n) is 9.41. The number of hydrogen-bond acceptors (Lipinski definition) is 12. The summed E-state index contributed by atoms with van der Waals surface area (Å²) in [6, 6.07) is 12.0. The van der Waals surface area contributed by atoms with Gasteiger partial charge in [0, 0.05) is 57.8 Å². The Labute approximate surface area is 372 Å². The minimum Gasteiger partial charge on any atom is -0.870 e. The van der Waals surface area contributed by atoms with Gasteiger partial charge in [0.05, 0.1) is 42.0 Å². The number of ether oxygens (including phenoxy) is 3. The third-order valence-corrected chi connectivity index (χ3v) is 9.41. The Morgan fingerprint density at radius 1 is 0.683 bits per heavy atom. The summed E-state index contributed by atoms with van der Waals surface area (Å²) in [5, 5.41) is 9.67. The molecule has 0 atom stereocenters. The summed E-state index contributed by atoms with van der Waals surface area (Å²) in [5.41, 5.74) is 1.26. The summed E-state index contributed by atoms with van der Waals surface area (Å²) in [6.45, 7) is 7.92. The number of halogens is 2. The van der Waals surface area contributed by atoms with E-state index in [1.165, 1.54) is 45.8 Å². The second kappa shape index (κ2) is 24.0. The number of aryl methyl sites for hydroxylation is 2. The fraction of sp³-hybridized carbons (Fsp3) is 0.372. The van der Waals surface area contributed by atoms with Crippen LogP contribution in [0.3, 0.4) is 0 Å². The van der Waals surface area contributed by atoms with E-state index in [1.807, 2.05) is 27.7 Å². The van der Waals surface area contributed by atoms with Gasteiger partial charge in [-0.3, -0.25) is 32.7 Å². The smallest absolute Gasteiger partial charge is 0.870 e. The van der Waals surface area contributed by atoms with Crippen LogP contribution in [0.25, 0.3) is 22.1 Å². The Bertz CT molecular complexity index is 2720. The van der Waals surface area contributed by atoms with E-state index in [0.717, 1.165) is 20.3 Å². The Morgan fingerprint density at radius 3 is 1.41 bits per heavy atom. The molecule has 0 aliphatic heterocycles. The molecule has 0 bridgehead atoms. The predicted molar refractivity (Wildman–Crippen MR) is 226 cm³/mol. The van der Waals surface area contributed by atoms with Gasteiger partial charge in [0.15, 0.2) is 0 Å². The fourth-order valence-corrected chi connectivity index (χ4v) is 6.64. The number of carbonyl (C=O) groups excluding carboxylic acids is 1. The molecule has 0 fully saturated rings. The van der Waals surface area contributed by atoms with E-state index >= 15 is 0 Å². The van der Waals surface area contributed by atoms with E-state index < -0.39 is 22.5 Å². The molecule has 17 nitrogen and oxygen atoms in total. The number of aliphatic hydroxyl groups excluding tert-OH is 1. The van der Waals surface area contributed by atoms with E-state index in [9.17, 15) is 32.8 Å². The molecule has 0 saturated carbocycles. The first-order valence-electron chi connectivity index (χ1n) is 19.4. The number of rotatable bonds is 16. The molecule has 0 amide bonds. The molecule has 4 N–H and O–H groups in total. The van der Waals surface area contributed by atoms with Crippen molar-refractivity contribution in [3.05, 3.63) is 136 Å². The largest absolute Gasteiger partial charge is 1.00 e. The molecule has 6 aromatic rings. The summed E-state index contributed by atoms with van der Waals surface area (Å²) in [7, 11) is 3.09. The summed E-state index contributed by atoms with van der Waals surface area (Å²) in [6.07, 6.45) is 3.90. The molecule has 4 heterocycles. The Balaban J connectivity index is 0.000000415. The number of benzene rings is 2. The van der Waals surface area contributed by atoms with E-state index in [2.05, 4.69) is 14.7 Å². The first-order chi connectivity index (χ1) is 28.7. The topological polar surface area (TPSA) is 240 Å². The molecule has 20 heteroatoms. The summed E-state index contributed by atoms with van der Waals surface area (Å²) < 4.78 is 48.0. The number of aromatic nitrogens is 6. The van der Waals surface area contributed by atoms with E-state index in [4.69, 9.17) is 14.6 Å². The fourth-order valence-electron chi connectivity index (χ4n) is 6.64. The van der Waals surface area contributed by atoms with Crippen molar-refractivity contribution in [3.63, 3.8) is 0 Å². The van der Waals surface area contributed by atoms with Crippen LogP contribution in [0.2, 0.25) is 0 Å². The van der Waals surface area contributed by atoms with E-state index in [-0.39, 0.29) is 108 Å². The molecular weight excluding hydrogens is 821 g/mol. The van der Waals surface area contributed by atoms with Gasteiger partial charge in [-0.2, -0.15) is 0 Å². The molecule has 0 unspecified atom stereocenters. The van der Waals surface area contributed by atoms with Crippen molar-refractivity contribution in [2.75, 3.05) is 13.2 Å². The van der Waals surface area contributed by atoms with Crippen LogP contribution in [-0.4, -0.2) is 76.2 Å². The average Bonchev–Trinajstić information content (AvgIpc) is 3.21. The van der Waals surface area contributed by atoms with Crippen LogP contribution in [0.1, 0.15) is 62.8 Å². The van der Waals surface area contributed by atoms with Crippen molar-refractivity contribution in [2.45, 2.75) is 78.7 Å². The molecule has 2 aromatic carbocycles. The molecule has 0 aliphatic rings. The number of pyridine rings is 2.